The topological polar surface area (TPSA) is 59.8 Å². The molecule has 3 heterocycles. The predicted octanol–water partition coefficient (Wildman–Crippen LogP) is 3.02. The normalized spacial score (nSPS) is 18.0. The van der Waals surface area contributed by atoms with Crippen LogP contribution in [-0.2, 0) is 13.1 Å². The first-order valence-corrected chi connectivity index (χ1v) is 9.63. The number of ether oxygens (including phenoxy) is 2. The van der Waals surface area contributed by atoms with Crippen LogP contribution < -0.4 is 9.47 Å². The summed E-state index contributed by atoms with van der Waals surface area (Å²) in [5.74, 6) is 1.75. The number of nitrogens with zero attached hydrogens (tertiary/aromatic N) is 3. The van der Waals surface area contributed by atoms with E-state index in [0.29, 0.717) is 13.0 Å². The highest BCUT2D eigenvalue weighted by molar-refractivity contribution is 5.64. The van der Waals surface area contributed by atoms with Gasteiger partial charge in [-0.15, -0.1) is 0 Å². The van der Waals surface area contributed by atoms with Crippen molar-refractivity contribution in [2.45, 2.75) is 39.0 Å². The summed E-state index contributed by atoms with van der Waals surface area (Å²) in [4.78, 5) is 2.43. The Labute approximate surface area is 160 Å². The Bertz CT molecular complexity index is 843. The van der Waals surface area contributed by atoms with Crippen molar-refractivity contribution in [3.8, 4) is 11.5 Å². The molecule has 0 amide bonds. The van der Waals surface area contributed by atoms with E-state index in [1.54, 1.807) is 7.11 Å². The van der Waals surface area contributed by atoms with Crippen LogP contribution in [0.3, 0.4) is 0 Å². The Morgan fingerprint density at radius 2 is 2.19 bits per heavy atom. The van der Waals surface area contributed by atoms with E-state index >= 15 is 0 Å². The summed E-state index contributed by atoms with van der Waals surface area (Å²) in [5, 5.41) is 14.7. The van der Waals surface area contributed by atoms with Gasteiger partial charge < -0.3 is 14.6 Å². The third kappa shape index (κ3) is 3.87. The smallest absolute Gasteiger partial charge is 0.127 e. The van der Waals surface area contributed by atoms with Gasteiger partial charge in [0.15, 0.2) is 0 Å². The van der Waals surface area contributed by atoms with Crippen LogP contribution in [0.1, 0.15) is 42.8 Å². The van der Waals surface area contributed by atoms with Crippen LogP contribution in [0.15, 0.2) is 29.8 Å². The van der Waals surface area contributed by atoms with Gasteiger partial charge in [0.05, 0.1) is 24.6 Å². The van der Waals surface area contributed by atoms with Crippen LogP contribution in [0.25, 0.3) is 6.08 Å². The first-order valence-electron chi connectivity index (χ1n) is 9.63. The van der Waals surface area contributed by atoms with E-state index in [2.05, 4.69) is 26.8 Å². The van der Waals surface area contributed by atoms with E-state index in [0.717, 1.165) is 55.4 Å². The average Bonchev–Trinajstić information content (AvgIpc) is 3.00. The zero-order chi connectivity index (χ0) is 18.8. The molecule has 1 aromatic carbocycles. The van der Waals surface area contributed by atoms with Gasteiger partial charge in [-0.05, 0) is 48.8 Å². The number of rotatable bonds is 5. The van der Waals surface area contributed by atoms with Gasteiger partial charge in [-0.1, -0.05) is 6.92 Å². The van der Waals surface area contributed by atoms with Gasteiger partial charge in [0.2, 0.25) is 0 Å². The van der Waals surface area contributed by atoms with Gasteiger partial charge in [0.1, 0.15) is 18.1 Å². The molecule has 0 saturated carbocycles. The Kier molecular flexibility index (Phi) is 5.18. The summed E-state index contributed by atoms with van der Waals surface area (Å²) >= 11 is 0. The highest BCUT2D eigenvalue weighted by atomic mass is 16.5. The van der Waals surface area contributed by atoms with Gasteiger partial charge in [-0.3, -0.25) is 9.58 Å². The molecule has 6 nitrogen and oxygen atoms in total. The molecule has 0 radical (unpaired) electrons. The fraction of sp³-hybridized carbons (Fsp3) is 0.476. The van der Waals surface area contributed by atoms with E-state index < -0.39 is 6.10 Å². The molecular formula is C21H27N3O3. The van der Waals surface area contributed by atoms with Crippen LogP contribution in [0, 0.1) is 0 Å². The third-order valence-corrected chi connectivity index (χ3v) is 5.26. The Morgan fingerprint density at radius 1 is 1.30 bits per heavy atom. The summed E-state index contributed by atoms with van der Waals surface area (Å²) in [5.41, 5.74) is 4.30. The van der Waals surface area contributed by atoms with Gasteiger partial charge in [0, 0.05) is 31.7 Å². The Morgan fingerprint density at radius 3 is 3.00 bits per heavy atom. The molecule has 0 saturated heterocycles. The van der Waals surface area contributed by atoms with Crippen LogP contribution >= 0.6 is 0 Å². The molecule has 1 aromatic heterocycles. The van der Waals surface area contributed by atoms with E-state index in [9.17, 15) is 5.11 Å². The van der Waals surface area contributed by atoms with Gasteiger partial charge in [-0.2, -0.15) is 5.10 Å². The molecule has 1 atom stereocenters. The summed E-state index contributed by atoms with van der Waals surface area (Å²) in [7, 11) is 1.68. The largest absolute Gasteiger partial charge is 0.497 e. The SMILES string of the molecule is CCC(O)c1cc2n(n1)CCCN(CC1=Cc3cc(OC)ccc3OC1)C2. The number of aliphatic hydroxyl groups is 1. The van der Waals surface area contributed by atoms with Crippen LogP contribution in [0.5, 0.6) is 11.5 Å². The molecule has 27 heavy (non-hydrogen) atoms. The Balaban J connectivity index is 1.49. The molecule has 0 aliphatic carbocycles. The molecule has 2 aliphatic heterocycles. The van der Waals surface area contributed by atoms with Crippen LogP contribution in [0.2, 0.25) is 0 Å². The minimum absolute atomic E-state index is 0.473. The van der Waals surface area contributed by atoms with E-state index in [1.807, 2.05) is 25.1 Å². The lowest BCUT2D eigenvalue weighted by molar-refractivity contribution is 0.167. The van der Waals surface area contributed by atoms with Crippen molar-refractivity contribution in [3.63, 3.8) is 0 Å². The number of aryl methyl sites for hydroxylation is 1. The lowest BCUT2D eigenvalue weighted by Gasteiger charge is -2.24. The van der Waals surface area contributed by atoms with Crippen molar-refractivity contribution in [1.82, 2.24) is 14.7 Å². The predicted molar refractivity (Wildman–Crippen MR) is 104 cm³/mol. The molecule has 2 aromatic rings. The molecule has 144 valence electrons. The molecule has 0 spiro atoms. The minimum Gasteiger partial charge on any atom is -0.497 e. The van der Waals surface area contributed by atoms with Gasteiger partial charge in [0.25, 0.3) is 0 Å². The Hall–Kier alpha value is -2.31. The molecule has 1 unspecified atom stereocenters. The van der Waals surface area contributed by atoms with Crippen LogP contribution in [0.4, 0.5) is 0 Å². The lowest BCUT2D eigenvalue weighted by atomic mass is 10.1. The maximum atomic E-state index is 10.1. The van der Waals surface area contributed by atoms with Crippen LogP contribution in [-0.4, -0.2) is 46.6 Å². The van der Waals surface area contributed by atoms with E-state index in [4.69, 9.17) is 9.47 Å². The molecule has 0 bridgehead atoms. The molecule has 6 heteroatoms. The number of fused-ring (bicyclic) bond motifs is 2. The van der Waals surface area contributed by atoms with E-state index in [1.165, 1.54) is 11.3 Å². The monoisotopic (exact) mass is 369 g/mol. The second kappa shape index (κ2) is 7.74. The summed E-state index contributed by atoms with van der Waals surface area (Å²) in [6, 6.07) is 7.96. The maximum Gasteiger partial charge on any atom is 0.127 e. The number of aliphatic hydroxyl groups excluding tert-OH is 1. The summed E-state index contributed by atoms with van der Waals surface area (Å²) in [6.45, 7) is 6.23. The minimum atomic E-state index is -0.473. The third-order valence-electron chi connectivity index (χ3n) is 5.26. The van der Waals surface area contributed by atoms with Crippen molar-refractivity contribution >= 4 is 6.08 Å². The zero-order valence-corrected chi connectivity index (χ0v) is 16.0. The second-order valence-electron chi connectivity index (χ2n) is 7.27. The molecule has 1 N–H and O–H groups in total. The zero-order valence-electron chi connectivity index (χ0n) is 16.0. The van der Waals surface area contributed by atoms with Crippen molar-refractivity contribution in [2.75, 3.05) is 26.8 Å². The summed E-state index contributed by atoms with van der Waals surface area (Å²) < 4.78 is 13.3. The fourth-order valence-electron chi connectivity index (χ4n) is 3.77. The highest BCUT2D eigenvalue weighted by Crippen LogP contribution is 2.30. The number of hydrogen-bond acceptors (Lipinski definition) is 5. The number of benzene rings is 1. The second-order valence-corrected chi connectivity index (χ2v) is 7.27. The average molecular weight is 369 g/mol. The quantitative estimate of drug-likeness (QED) is 0.878. The maximum absolute atomic E-state index is 10.1. The molecule has 0 fully saturated rings. The molecule has 2 aliphatic rings. The van der Waals surface area contributed by atoms with Crippen molar-refractivity contribution in [3.05, 3.63) is 46.8 Å². The first-order chi connectivity index (χ1) is 13.2. The van der Waals surface area contributed by atoms with Crippen molar-refractivity contribution in [1.29, 1.82) is 0 Å². The number of hydrogen-bond donors (Lipinski definition) is 1. The van der Waals surface area contributed by atoms with Gasteiger partial charge >= 0.3 is 0 Å². The molecule has 4 rings (SSSR count). The lowest BCUT2D eigenvalue weighted by Crippen LogP contribution is -2.28. The fourth-order valence-corrected chi connectivity index (χ4v) is 3.77. The van der Waals surface area contributed by atoms with Crippen molar-refractivity contribution < 1.29 is 14.6 Å². The molecular weight excluding hydrogens is 342 g/mol. The van der Waals surface area contributed by atoms with Gasteiger partial charge in [-0.25, -0.2) is 0 Å². The van der Waals surface area contributed by atoms with Crippen molar-refractivity contribution in [2.24, 2.45) is 0 Å². The van der Waals surface area contributed by atoms with E-state index in [-0.39, 0.29) is 0 Å². The first kappa shape index (κ1) is 18.1. The number of methoxy groups -OCH3 is 1. The standard InChI is InChI=1S/C21H27N3O3/c1-3-20(25)19-11-17-13-23(7-4-8-24(17)22-19)12-15-9-16-10-18(26-2)5-6-21(16)27-14-15/h5-6,9-11,20,25H,3-4,7-8,12-14H2,1-2H3. The summed E-state index contributed by atoms with van der Waals surface area (Å²) in [6.07, 6.45) is 3.48. The number of aromatic nitrogens is 2. The highest BCUT2D eigenvalue weighted by Gasteiger charge is 2.21.